The van der Waals surface area contributed by atoms with E-state index in [1.165, 1.54) is 31.4 Å². The van der Waals surface area contributed by atoms with Gasteiger partial charge in [0.2, 0.25) is 0 Å². The molecule has 2 aromatic carbocycles. The van der Waals surface area contributed by atoms with Crippen molar-refractivity contribution in [2.45, 2.75) is 23.8 Å². The minimum Gasteiger partial charge on any atom is -0.497 e. The molecule has 8 nitrogen and oxygen atoms in total. The Hall–Kier alpha value is -3.57. The lowest BCUT2D eigenvalue weighted by Gasteiger charge is -2.32. The zero-order valence-electron chi connectivity index (χ0n) is 18.9. The van der Waals surface area contributed by atoms with Crippen LogP contribution in [0.15, 0.2) is 59.8 Å². The lowest BCUT2D eigenvalue weighted by atomic mass is 9.89. The summed E-state index contributed by atoms with van der Waals surface area (Å²) >= 11 is 0. The molecule has 1 aromatic heterocycles. The second-order valence-corrected chi connectivity index (χ2v) is 9.71. The maximum absolute atomic E-state index is 14.6. The lowest BCUT2D eigenvalue weighted by molar-refractivity contribution is 0.0713. The summed E-state index contributed by atoms with van der Waals surface area (Å²) in [4.78, 5) is 18.8. The molecule has 4 rings (SSSR count). The first-order chi connectivity index (χ1) is 16.7. The van der Waals surface area contributed by atoms with Gasteiger partial charge in [-0.25, -0.2) is 27.3 Å². The minimum absolute atomic E-state index is 0.0152. The van der Waals surface area contributed by atoms with Gasteiger partial charge < -0.3 is 15.0 Å². The number of likely N-dealkylation sites (tertiary alicyclic amines) is 1. The van der Waals surface area contributed by atoms with Crippen molar-refractivity contribution < 1.29 is 26.7 Å². The zero-order chi connectivity index (χ0) is 25.2. The molecular weight excluding hydrogens is 478 g/mol. The zero-order valence-corrected chi connectivity index (χ0v) is 19.7. The van der Waals surface area contributed by atoms with Gasteiger partial charge in [0.1, 0.15) is 17.4 Å². The molecule has 0 saturated carbocycles. The molecule has 3 aromatic rings. The van der Waals surface area contributed by atoms with Crippen LogP contribution in [0.2, 0.25) is 0 Å². The number of amides is 1. The van der Waals surface area contributed by atoms with Gasteiger partial charge in [-0.15, -0.1) is 0 Å². The summed E-state index contributed by atoms with van der Waals surface area (Å²) in [5, 5.41) is 7.54. The molecule has 0 unspecified atom stereocenters. The SMILES string of the molecule is COc1ccc(Nc2cc(S(N)(=O)=O)ncc2C(=O)N2CCC(c3ccc(F)cc3)CC2)c(F)c1. The van der Waals surface area contributed by atoms with Gasteiger partial charge in [0.05, 0.1) is 24.0 Å². The fraction of sp³-hybridized carbons (Fsp3) is 0.250. The third-order valence-electron chi connectivity index (χ3n) is 5.97. The molecule has 1 aliphatic heterocycles. The topological polar surface area (TPSA) is 115 Å². The first kappa shape index (κ1) is 24.6. The van der Waals surface area contributed by atoms with Gasteiger partial charge in [0, 0.05) is 31.4 Å². The van der Waals surface area contributed by atoms with Crippen LogP contribution in [0, 0.1) is 11.6 Å². The van der Waals surface area contributed by atoms with Crippen LogP contribution >= 0.6 is 0 Å². The fourth-order valence-electron chi connectivity index (χ4n) is 4.06. The number of nitrogens with two attached hydrogens (primary N) is 1. The van der Waals surface area contributed by atoms with Gasteiger partial charge in [-0.05, 0) is 48.6 Å². The Bertz CT molecular complexity index is 1340. The highest BCUT2D eigenvalue weighted by Crippen LogP contribution is 2.31. The summed E-state index contributed by atoms with van der Waals surface area (Å²) in [6.07, 6.45) is 2.48. The number of pyridine rings is 1. The second kappa shape index (κ2) is 9.96. The predicted octanol–water partition coefficient (Wildman–Crippen LogP) is 3.78. The maximum atomic E-state index is 14.6. The normalized spacial score (nSPS) is 14.6. The van der Waals surface area contributed by atoms with Crippen LogP contribution in [0.25, 0.3) is 0 Å². The van der Waals surface area contributed by atoms with E-state index in [1.54, 1.807) is 17.0 Å². The van der Waals surface area contributed by atoms with Crippen LogP contribution in [0.5, 0.6) is 5.75 Å². The highest BCUT2D eigenvalue weighted by Gasteiger charge is 2.27. The summed E-state index contributed by atoms with van der Waals surface area (Å²) in [6.45, 7) is 0.877. The van der Waals surface area contributed by atoms with E-state index < -0.39 is 20.9 Å². The molecule has 1 amide bonds. The van der Waals surface area contributed by atoms with Crippen molar-refractivity contribution in [3.05, 3.63) is 77.5 Å². The fourth-order valence-corrected chi connectivity index (χ4v) is 4.54. The first-order valence-corrected chi connectivity index (χ1v) is 12.4. The number of carbonyl (C=O) groups is 1. The van der Waals surface area contributed by atoms with Gasteiger partial charge >= 0.3 is 0 Å². The molecule has 0 atom stereocenters. The Morgan fingerprint density at radius 2 is 1.77 bits per heavy atom. The third-order valence-corrected chi connectivity index (χ3v) is 6.78. The summed E-state index contributed by atoms with van der Waals surface area (Å²) in [5.74, 6) is -0.851. The summed E-state index contributed by atoms with van der Waals surface area (Å²) in [5.41, 5.74) is 1.16. The number of hydrogen-bond acceptors (Lipinski definition) is 6. The average Bonchev–Trinajstić information content (AvgIpc) is 2.85. The van der Waals surface area contributed by atoms with E-state index in [0.29, 0.717) is 31.7 Å². The second-order valence-electron chi connectivity index (χ2n) is 8.20. The molecule has 35 heavy (non-hydrogen) atoms. The Labute approximate surface area is 201 Å². The standard InChI is InChI=1S/C24H24F2N4O4S/c1-34-18-6-7-21(20(26)12-18)29-22-13-23(35(27,32)33)28-14-19(22)24(31)30-10-8-16(9-11-30)15-2-4-17(25)5-3-15/h2-7,12-14,16H,8-11H2,1H3,(H,28,29)(H2,27,32,33). The first-order valence-electron chi connectivity index (χ1n) is 10.8. The number of nitrogens with one attached hydrogen (secondary N) is 1. The number of hydrogen-bond donors (Lipinski definition) is 2. The third kappa shape index (κ3) is 5.57. The summed E-state index contributed by atoms with van der Waals surface area (Å²) in [7, 11) is -2.76. The quantitative estimate of drug-likeness (QED) is 0.530. The Balaban J connectivity index is 1.58. The van der Waals surface area contributed by atoms with Crippen molar-refractivity contribution >= 4 is 27.3 Å². The number of aromatic nitrogens is 1. The van der Waals surface area contributed by atoms with Crippen LogP contribution in [-0.4, -0.2) is 44.4 Å². The van der Waals surface area contributed by atoms with E-state index in [1.807, 2.05) is 0 Å². The van der Waals surface area contributed by atoms with Gasteiger partial charge in [-0.2, -0.15) is 0 Å². The van der Waals surface area contributed by atoms with E-state index in [9.17, 15) is 22.0 Å². The number of sulfonamides is 1. The van der Waals surface area contributed by atoms with E-state index in [0.717, 1.165) is 23.9 Å². The van der Waals surface area contributed by atoms with Crippen LogP contribution in [-0.2, 0) is 10.0 Å². The molecule has 0 aliphatic carbocycles. The van der Waals surface area contributed by atoms with E-state index >= 15 is 0 Å². The summed E-state index contributed by atoms with van der Waals surface area (Å²) in [6, 6.07) is 11.5. The predicted molar refractivity (Wildman–Crippen MR) is 126 cm³/mol. The number of benzene rings is 2. The van der Waals surface area contributed by atoms with E-state index in [2.05, 4.69) is 10.3 Å². The number of piperidine rings is 1. The van der Waals surface area contributed by atoms with Crippen LogP contribution in [0.1, 0.15) is 34.7 Å². The minimum atomic E-state index is -4.16. The molecule has 0 bridgehead atoms. The Morgan fingerprint density at radius 1 is 1.09 bits per heavy atom. The van der Waals surface area contributed by atoms with Gasteiger partial charge in [0.15, 0.2) is 5.03 Å². The van der Waals surface area contributed by atoms with Crippen molar-refractivity contribution in [1.29, 1.82) is 0 Å². The number of carbonyl (C=O) groups excluding carboxylic acids is 1. The van der Waals surface area contributed by atoms with Gasteiger partial charge in [0.25, 0.3) is 15.9 Å². The number of halogens is 2. The molecule has 0 spiro atoms. The number of primary sulfonamides is 1. The number of nitrogens with zero attached hydrogens (tertiary/aromatic N) is 2. The van der Waals surface area contributed by atoms with Crippen molar-refractivity contribution in [3.63, 3.8) is 0 Å². The number of methoxy groups -OCH3 is 1. The molecule has 184 valence electrons. The number of anilines is 2. The highest BCUT2D eigenvalue weighted by molar-refractivity contribution is 7.89. The van der Waals surface area contributed by atoms with Crippen LogP contribution < -0.4 is 15.2 Å². The average molecular weight is 503 g/mol. The highest BCUT2D eigenvalue weighted by atomic mass is 32.2. The monoisotopic (exact) mass is 502 g/mol. The molecule has 1 aliphatic rings. The van der Waals surface area contributed by atoms with E-state index in [4.69, 9.17) is 9.88 Å². The molecule has 1 saturated heterocycles. The molecule has 3 N–H and O–H groups in total. The molecule has 11 heteroatoms. The maximum Gasteiger partial charge on any atom is 0.257 e. The Morgan fingerprint density at radius 3 is 2.37 bits per heavy atom. The molecular formula is C24H24F2N4O4S. The molecule has 2 heterocycles. The molecule has 0 radical (unpaired) electrons. The summed E-state index contributed by atoms with van der Waals surface area (Å²) < 4.78 is 56.5. The van der Waals surface area contributed by atoms with Crippen LogP contribution in [0.4, 0.5) is 20.2 Å². The largest absolute Gasteiger partial charge is 0.497 e. The lowest BCUT2D eigenvalue weighted by Crippen LogP contribution is -2.38. The smallest absolute Gasteiger partial charge is 0.257 e. The van der Waals surface area contributed by atoms with Gasteiger partial charge in [-0.3, -0.25) is 4.79 Å². The van der Waals surface area contributed by atoms with E-state index in [-0.39, 0.29) is 34.6 Å². The number of rotatable bonds is 6. The van der Waals surface area contributed by atoms with Crippen molar-refractivity contribution in [2.75, 3.05) is 25.5 Å². The Kier molecular flexibility index (Phi) is 6.99. The molecule has 1 fully saturated rings. The van der Waals surface area contributed by atoms with Gasteiger partial charge in [-0.1, -0.05) is 12.1 Å². The number of ether oxygens (including phenoxy) is 1. The van der Waals surface area contributed by atoms with Crippen LogP contribution in [0.3, 0.4) is 0 Å². The van der Waals surface area contributed by atoms with Crippen molar-refractivity contribution in [1.82, 2.24) is 9.88 Å². The van der Waals surface area contributed by atoms with Crippen molar-refractivity contribution in [3.8, 4) is 5.75 Å². The van der Waals surface area contributed by atoms with Crippen molar-refractivity contribution in [2.24, 2.45) is 5.14 Å².